The monoisotopic (exact) mass is 324 g/mol. The Morgan fingerprint density at radius 2 is 1.92 bits per heavy atom. The van der Waals surface area contributed by atoms with Gasteiger partial charge in [0, 0.05) is 30.9 Å². The summed E-state index contributed by atoms with van der Waals surface area (Å²) in [6, 6.07) is 14.0. The minimum absolute atomic E-state index is 0.0754. The second-order valence-electron chi connectivity index (χ2n) is 5.21. The summed E-state index contributed by atoms with van der Waals surface area (Å²) in [6.07, 6.45) is 1.66. The molecule has 1 N–H and O–H groups in total. The third kappa shape index (κ3) is 4.46. The van der Waals surface area contributed by atoms with Gasteiger partial charge in [0.25, 0.3) is 5.91 Å². The molecule has 0 heterocycles. The van der Waals surface area contributed by atoms with Crippen molar-refractivity contribution in [3.05, 3.63) is 66.7 Å². The van der Waals surface area contributed by atoms with Gasteiger partial charge in [-0.25, -0.2) is 0 Å². The summed E-state index contributed by atoms with van der Waals surface area (Å²) in [7, 11) is 1.69. The highest BCUT2D eigenvalue weighted by molar-refractivity contribution is 6.04. The number of nitrogens with one attached hydrogen (secondary N) is 1. The molecule has 0 spiro atoms. The molecule has 0 radical (unpaired) electrons. The van der Waals surface area contributed by atoms with Crippen LogP contribution in [0.15, 0.2) is 61.2 Å². The van der Waals surface area contributed by atoms with Crippen molar-refractivity contribution in [1.82, 2.24) is 0 Å². The first-order chi connectivity index (χ1) is 11.5. The lowest BCUT2D eigenvalue weighted by atomic mass is 10.2. The van der Waals surface area contributed by atoms with Crippen molar-refractivity contribution in [2.24, 2.45) is 0 Å². The molecular weight excluding hydrogens is 304 g/mol. The van der Waals surface area contributed by atoms with Crippen LogP contribution in [0.3, 0.4) is 0 Å². The number of ether oxygens (including phenoxy) is 1. The molecule has 0 saturated carbocycles. The van der Waals surface area contributed by atoms with Crippen molar-refractivity contribution in [1.29, 1.82) is 0 Å². The second-order valence-corrected chi connectivity index (χ2v) is 5.21. The molecule has 2 aromatic carbocycles. The zero-order valence-electron chi connectivity index (χ0n) is 13.8. The summed E-state index contributed by atoms with van der Waals surface area (Å²) in [4.78, 5) is 25.2. The summed E-state index contributed by atoms with van der Waals surface area (Å²) in [5.41, 5.74) is 1.86. The molecule has 0 unspecified atom stereocenters. The standard InChI is InChI=1S/C19H20N2O3/c1-4-12-24-18-10-8-15(9-11-18)19(23)20-16-6-5-7-17(13-16)21(3)14(2)22/h4-11,13H,1,12H2,2-3H3,(H,20,23). The summed E-state index contributed by atoms with van der Waals surface area (Å²) in [5, 5.41) is 2.82. The predicted molar refractivity (Wildman–Crippen MR) is 95.6 cm³/mol. The minimum atomic E-state index is -0.229. The van der Waals surface area contributed by atoms with E-state index in [9.17, 15) is 9.59 Å². The Morgan fingerprint density at radius 3 is 2.54 bits per heavy atom. The van der Waals surface area contributed by atoms with E-state index in [4.69, 9.17) is 4.74 Å². The van der Waals surface area contributed by atoms with E-state index in [1.807, 2.05) is 6.07 Å². The van der Waals surface area contributed by atoms with Crippen molar-refractivity contribution in [2.75, 3.05) is 23.9 Å². The molecule has 2 aromatic rings. The van der Waals surface area contributed by atoms with Crippen LogP contribution >= 0.6 is 0 Å². The molecule has 0 fully saturated rings. The maximum absolute atomic E-state index is 12.3. The maximum atomic E-state index is 12.3. The van der Waals surface area contributed by atoms with Gasteiger partial charge in [0.2, 0.25) is 5.91 Å². The van der Waals surface area contributed by atoms with Gasteiger partial charge >= 0.3 is 0 Å². The van der Waals surface area contributed by atoms with Gasteiger partial charge in [-0.2, -0.15) is 0 Å². The lowest BCUT2D eigenvalue weighted by Gasteiger charge is -2.16. The Labute approximate surface area is 141 Å². The first-order valence-corrected chi connectivity index (χ1v) is 7.50. The number of amides is 2. The predicted octanol–water partition coefficient (Wildman–Crippen LogP) is 3.49. The molecule has 0 aliphatic heterocycles. The van der Waals surface area contributed by atoms with Gasteiger partial charge in [-0.1, -0.05) is 18.7 Å². The molecule has 0 aromatic heterocycles. The van der Waals surface area contributed by atoms with Gasteiger partial charge in [0.1, 0.15) is 12.4 Å². The summed E-state index contributed by atoms with van der Waals surface area (Å²) in [6.45, 7) is 5.49. The number of carbonyl (C=O) groups is 2. The number of rotatable bonds is 6. The van der Waals surface area contributed by atoms with Crippen molar-refractivity contribution in [3.63, 3.8) is 0 Å². The minimum Gasteiger partial charge on any atom is -0.490 e. The van der Waals surface area contributed by atoms with Gasteiger partial charge in [-0.3, -0.25) is 9.59 Å². The van der Waals surface area contributed by atoms with Crippen LogP contribution in [0.4, 0.5) is 11.4 Å². The highest BCUT2D eigenvalue weighted by Crippen LogP contribution is 2.20. The van der Waals surface area contributed by atoms with E-state index >= 15 is 0 Å². The number of hydrogen-bond donors (Lipinski definition) is 1. The first-order valence-electron chi connectivity index (χ1n) is 7.50. The van der Waals surface area contributed by atoms with E-state index in [1.165, 1.54) is 11.8 Å². The third-order valence-corrected chi connectivity index (χ3v) is 3.45. The van der Waals surface area contributed by atoms with E-state index in [0.717, 1.165) is 0 Å². The fourth-order valence-electron chi connectivity index (χ4n) is 2.04. The quantitative estimate of drug-likeness (QED) is 0.828. The number of hydrogen-bond acceptors (Lipinski definition) is 3. The first kappa shape index (κ1) is 17.3. The smallest absolute Gasteiger partial charge is 0.255 e. The summed E-state index contributed by atoms with van der Waals surface area (Å²) >= 11 is 0. The molecule has 0 aliphatic carbocycles. The summed E-state index contributed by atoms with van der Waals surface area (Å²) in [5.74, 6) is 0.373. The third-order valence-electron chi connectivity index (χ3n) is 3.45. The van der Waals surface area contributed by atoms with Gasteiger partial charge in [0.15, 0.2) is 0 Å². The number of nitrogens with zero attached hydrogens (tertiary/aromatic N) is 1. The molecule has 0 bridgehead atoms. The number of benzene rings is 2. The van der Waals surface area contributed by atoms with Crippen molar-refractivity contribution in [3.8, 4) is 5.75 Å². The van der Waals surface area contributed by atoms with E-state index in [2.05, 4.69) is 11.9 Å². The molecule has 0 atom stereocenters. The average molecular weight is 324 g/mol. The Kier molecular flexibility index (Phi) is 5.73. The summed E-state index contributed by atoms with van der Waals surface area (Å²) < 4.78 is 5.39. The lowest BCUT2D eigenvalue weighted by Crippen LogP contribution is -2.23. The average Bonchev–Trinajstić information content (AvgIpc) is 2.59. The van der Waals surface area contributed by atoms with Crippen LogP contribution in [0.2, 0.25) is 0 Å². The van der Waals surface area contributed by atoms with Crippen LogP contribution in [-0.2, 0) is 4.79 Å². The van der Waals surface area contributed by atoms with Gasteiger partial charge in [0.05, 0.1) is 0 Å². The van der Waals surface area contributed by atoms with E-state index < -0.39 is 0 Å². The normalized spacial score (nSPS) is 9.92. The highest BCUT2D eigenvalue weighted by Gasteiger charge is 2.09. The molecule has 2 rings (SSSR count). The number of carbonyl (C=O) groups excluding carboxylic acids is 2. The van der Waals surface area contributed by atoms with Crippen LogP contribution in [0.1, 0.15) is 17.3 Å². The van der Waals surface area contributed by atoms with Crippen LogP contribution < -0.4 is 15.0 Å². The van der Waals surface area contributed by atoms with Gasteiger partial charge in [-0.05, 0) is 42.5 Å². The van der Waals surface area contributed by atoms with Gasteiger partial charge < -0.3 is 15.0 Å². The molecule has 0 saturated heterocycles. The van der Waals surface area contributed by atoms with Crippen molar-refractivity contribution < 1.29 is 14.3 Å². The van der Waals surface area contributed by atoms with E-state index in [0.29, 0.717) is 29.3 Å². The molecule has 5 nitrogen and oxygen atoms in total. The van der Waals surface area contributed by atoms with Crippen molar-refractivity contribution >= 4 is 23.2 Å². The van der Waals surface area contributed by atoms with Crippen LogP contribution in [0.25, 0.3) is 0 Å². The molecule has 5 heteroatoms. The second kappa shape index (κ2) is 7.97. The van der Waals surface area contributed by atoms with E-state index in [1.54, 1.807) is 55.6 Å². The Bertz CT molecular complexity index is 739. The zero-order valence-corrected chi connectivity index (χ0v) is 13.8. The van der Waals surface area contributed by atoms with Crippen LogP contribution in [0.5, 0.6) is 5.75 Å². The number of anilines is 2. The topological polar surface area (TPSA) is 58.6 Å². The fourth-order valence-corrected chi connectivity index (χ4v) is 2.04. The molecule has 2 amide bonds. The van der Waals surface area contributed by atoms with Crippen LogP contribution in [0, 0.1) is 0 Å². The zero-order chi connectivity index (χ0) is 17.5. The highest BCUT2D eigenvalue weighted by atomic mass is 16.5. The molecule has 124 valence electrons. The molecule has 24 heavy (non-hydrogen) atoms. The lowest BCUT2D eigenvalue weighted by molar-refractivity contribution is -0.116. The Hall–Kier alpha value is -3.08. The Balaban J connectivity index is 2.08. The Morgan fingerprint density at radius 1 is 1.21 bits per heavy atom. The fraction of sp³-hybridized carbons (Fsp3) is 0.158. The van der Waals surface area contributed by atoms with Gasteiger partial charge in [-0.15, -0.1) is 0 Å². The maximum Gasteiger partial charge on any atom is 0.255 e. The van der Waals surface area contributed by atoms with Crippen LogP contribution in [-0.4, -0.2) is 25.5 Å². The molecular formula is C19H20N2O3. The molecule has 0 aliphatic rings. The SMILES string of the molecule is C=CCOc1ccc(C(=O)Nc2cccc(N(C)C(C)=O)c2)cc1. The van der Waals surface area contributed by atoms with Crippen molar-refractivity contribution in [2.45, 2.75) is 6.92 Å². The largest absolute Gasteiger partial charge is 0.490 e. The van der Waals surface area contributed by atoms with E-state index in [-0.39, 0.29) is 11.8 Å².